The van der Waals surface area contributed by atoms with Crippen molar-refractivity contribution in [2.24, 2.45) is 12.0 Å². The molecule has 0 bridgehead atoms. The summed E-state index contributed by atoms with van der Waals surface area (Å²) < 4.78 is 2.99. The van der Waals surface area contributed by atoms with E-state index >= 15 is 0 Å². The van der Waals surface area contributed by atoms with Gasteiger partial charge in [-0.2, -0.15) is 0 Å². The molecule has 108 valence electrons. The molecule has 0 aliphatic rings. The molecule has 0 radical (unpaired) electrons. The van der Waals surface area contributed by atoms with Crippen molar-refractivity contribution >= 4 is 45.9 Å². The molecule has 4 nitrogen and oxygen atoms in total. The fraction of sp³-hybridized carbons (Fsp3) is 0.462. The summed E-state index contributed by atoms with van der Waals surface area (Å²) in [5.74, 6) is 0.888. The summed E-state index contributed by atoms with van der Waals surface area (Å²) in [5.41, 5.74) is 1.25. The zero-order valence-electron chi connectivity index (χ0n) is 11.7. The van der Waals surface area contributed by atoms with Crippen molar-refractivity contribution in [3.05, 3.63) is 35.1 Å². The van der Waals surface area contributed by atoms with Crippen molar-refractivity contribution in [1.82, 2.24) is 14.8 Å². The minimum atomic E-state index is 0. The Hall–Kier alpha value is -0.500. The summed E-state index contributed by atoms with van der Waals surface area (Å²) >= 11 is 3.32. The van der Waals surface area contributed by atoms with Gasteiger partial charge in [0.25, 0.3) is 0 Å². The Morgan fingerprint density at radius 2 is 2.26 bits per heavy atom. The highest BCUT2D eigenvalue weighted by molar-refractivity contribution is 14.0. The minimum absolute atomic E-state index is 0. The monoisotopic (exact) mass is 440 g/mol. The molecular weight excluding hydrogens is 419 g/mol. The molecular formula is C13H22BrIN4. The summed E-state index contributed by atoms with van der Waals surface area (Å²) in [6.07, 6.45) is 2.05. The first-order chi connectivity index (χ1) is 8.54. The van der Waals surface area contributed by atoms with Gasteiger partial charge in [-0.15, -0.1) is 24.0 Å². The lowest BCUT2D eigenvalue weighted by Gasteiger charge is -2.22. The van der Waals surface area contributed by atoms with Crippen LogP contribution in [0.5, 0.6) is 0 Å². The number of hydrogen-bond acceptors (Lipinski definition) is 1. The largest absolute Gasteiger partial charge is 0.357 e. The van der Waals surface area contributed by atoms with E-state index in [0.717, 1.165) is 23.5 Å². The van der Waals surface area contributed by atoms with Crippen LogP contribution < -0.4 is 5.32 Å². The lowest BCUT2D eigenvalue weighted by Crippen LogP contribution is -2.38. The van der Waals surface area contributed by atoms with Gasteiger partial charge < -0.3 is 14.8 Å². The quantitative estimate of drug-likeness (QED) is 0.433. The molecule has 0 atom stereocenters. The number of hydrogen-bond donors (Lipinski definition) is 1. The Bertz CT molecular complexity index is 428. The number of guanidine groups is 1. The first-order valence-electron chi connectivity index (χ1n) is 5.97. The van der Waals surface area contributed by atoms with Crippen molar-refractivity contribution in [3.63, 3.8) is 0 Å². The van der Waals surface area contributed by atoms with Gasteiger partial charge in [0.1, 0.15) is 0 Å². The lowest BCUT2D eigenvalue weighted by molar-refractivity contribution is 0.463. The molecule has 1 heterocycles. The summed E-state index contributed by atoms with van der Waals surface area (Å²) in [5, 5.41) is 3.27. The van der Waals surface area contributed by atoms with Crippen molar-refractivity contribution in [2.45, 2.75) is 13.5 Å². The number of aliphatic imine (C=N–C) groups is 1. The van der Waals surface area contributed by atoms with E-state index < -0.39 is 0 Å². The van der Waals surface area contributed by atoms with Gasteiger partial charge >= 0.3 is 0 Å². The molecule has 1 aromatic rings. The Morgan fingerprint density at radius 3 is 2.74 bits per heavy atom. The highest BCUT2D eigenvalue weighted by atomic mass is 127. The van der Waals surface area contributed by atoms with E-state index in [1.807, 2.05) is 26.4 Å². The number of aromatic nitrogens is 1. The second-order valence-corrected chi connectivity index (χ2v) is 5.28. The second-order valence-electron chi connectivity index (χ2n) is 4.15. The summed E-state index contributed by atoms with van der Waals surface area (Å²) in [7, 11) is 4.08. The third kappa shape index (κ3) is 6.47. The molecule has 1 rings (SSSR count). The van der Waals surface area contributed by atoms with Crippen LogP contribution in [0, 0.1) is 0 Å². The first-order valence-corrected chi connectivity index (χ1v) is 6.76. The van der Waals surface area contributed by atoms with Crippen molar-refractivity contribution in [3.8, 4) is 0 Å². The fourth-order valence-electron chi connectivity index (χ4n) is 1.61. The molecule has 0 amide bonds. The van der Waals surface area contributed by atoms with Gasteiger partial charge in [-0.25, -0.2) is 4.99 Å². The molecule has 0 fully saturated rings. The van der Waals surface area contributed by atoms with Crippen LogP contribution in [0.15, 0.2) is 34.4 Å². The fourth-order valence-corrected chi connectivity index (χ4v) is 1.73. The Balaban J connectivity index is 0.00000324. The summed E-state index contributed by atoms with van der Waals surface area (Å²) in [4.78, 5) is 6.60. The first kappa shape index (κ1) is 18.5. The zero-order chi connectivity index (χ0) is 13.5. The van der Waals surface area contributed by atoms with E-state index in [2.05, 4.69) is 55.3 Å². The van der Waals surface area contributed by atoms with Crippen LogP contribution in [0.2, 0.25) is 0 Å². The van der Waals surface area contributed by atoms with Gasteiger partial charge in [-0.1, -0.05) is 22.5 Å². The van der Waals surface area contributed by atoms with Crippen LogP contribution in [0.3, 0.4) is 0 Å². The second kappa shape index (κ2) is 9.41. The molecule has 6 heteroatoms. The Labute approximate surface area is 141 Å². The van der Waals surface area contributed by atoms with Crippen LogP contribution in [0.1, 0.15) is 12.6 Å². The van der Waals surface area contributed by atoms with E-state index in [-0.39, 0.29) is 24.0 Å². The van der Waals surface area contributed by atoms with Gasteiger partial charge in [-0.05, 0) is 19.1 Å². The number of nitrogens with one attached hydrogen (secondary N) is 1. The molecule has 0 saturated carbocycles. The smallest absolute Gasteiger partial charge is 0.194 e. The van der Waals surface area contributed by atoms with E-state index in [1.54, 1.807) is 0 Å². The average molecular weight is 441 g/mol. The average Bonchev–Trinajstić information content (AvgIpc) is 2.70. The van der Waals surface area contributed by atoms with E-state index in [1.165, 1.54) is 5.69 Å². The standard InChI is InChI=1S/C13H21BrN4.HI/c1-5-15-13(16-9-11(2)14)18(4)10-12-7-6-8-17(12)3;/h6-8H,2,5,9-10H2,1,3-4H3,(H,15,16);1H. The predicted molar refractivity (Wildman–Crippen MR) is 96.3 cm³/mol. The van der Waals surface area contributed by atoms with E-state index in [4.69, 9.17) is 0 Å². The topological polar surface area (TPSA) is 32.6 Å². The molecule has 19 heavy (non-hydrogen) atoms. The molecule has 1 aromatic heterocycles. The van der Waals surface area contributed by atoms with Gasteiger partial charge in [-0.3, -0.25) is 0 Å². The van der Waals surface area contributed by atoms with Gasteiger partial charge in [0.2, 0.25) is 0 Å². The van der Waals surface area contributed by atoms with Crippen molar-refractivity contribution < 1.29 is 0 Å². The van der Waals surface area contributed by atoms with Gasteiger partial charge in [0, 0.05) is 37.0 Å². The Kier molecular flexibility index (Phi) is 9.16. The van der Waals surface area contributed by atoms with E-state index in [0.29, 0.717) is 6.54 Å². The zero-order valence-corrected chi connectivity index (χ0v) is 15.6. The molecule has 0 saturated heterocycles. The minimum Gasteiger partial charge on any atom is -0.357 e. The van der Waals surface area contributed by atoms with Crippen LogP contribution in [0.4, 0.5) is 0 Å². The molecule has 0 aliphatic carbocycles. The maximum Gasteiger partial charge on any atom is 0.194 e. The maximum atomic E-state index is 4.50. The van der Waals surface area contributed by atoms with Crippen LogP contribution in [0.25, 0.3) is 0 Å². The third-order valence-corrected chi connectivity index (χ3v) is 2.80. The van der Waals surface area contributed by atoms with Crippen molar-refractivity contribution in [1.29, 1.82) is 0 Å². The number of halogens is 2. The normalized spacial score (nSPS) is 10.8. The molecule has 1 N–H and O–H groups in total. The number of rotatable bonds is 5. The highest BCUT2D eigenvalue weighted by Crippen LogP contribution is 2.05. The predicted octanol–water partition coefficient (Wildman–Crippen LogP) is 2.95. The summed E-state index contributed by atoms with van der Waals surface area (Å²) in [6, 6.07) is 4.16. The number of nitrogens with zero attached hydrogens (tertiary/aromatic N) is 3. The molecule has 0 aliphatic heterocycles. The molecule has 0 spiro atoms. The van der Waals surface area contributed by atoms with Gasteiger partial charge in [0.15, 0.2) is 5.96 Å². The summed E-state index contributed by atoms with van der Waals surface area (Å²) in [6.45, 7) is 8.12. The molecule has 0 unspecified atom stereocenters. The third-order valence-electron chi connectivity index (χ3n) is 2.55. The maximum absolute atomic E-state index is 4.50. The van der Waals surface area contributed by atoms with Crippen LogP contribution in [-0.4, -0.2) is 35.6 Å². The molecule has 0 aromatic carbocycles. The van der Waals surface area contributed by atoms with Crippen LogP contribution in [-0.2, 0) is 13.6 Å². The SMILES string of the molecule is C=C(Br)CN=C(NCC)N(C)Cc1cccn1C.I. The Morgan fingerprint density at radius 1 is 1.58 bits per heavy atom. The van der Waals surface area contributed by atoms with Gasteiger partial charge in [0.05, 0.1) is 13.1 Å². The van der Waals surface area contributed by atoms with Crippen molar-refractivity contribution in [2.75, 3.05) is 20.1 Å². The van der Waals surface area contributed by atoms with E-state index in [9.17, 15) is 0 Å². The highest BCUT2D eigenvalue weighted by Gasteiger charge is 2.07. The number of aryl methyl sites for hydroxylation is 1. The van der Waals surface area contributed by atoms with Crippen LogP contribution >= 0.6 is 39.9 Å². The lowest BCUT2D eigenvalue weighted by atomic mass is 10.4.